The number of nitrogens with one attached hydrogen (secondary N) is 1. The average molecular weight is 377 g/mol. The van der Waals surface area contributed by atoms with Crippen molar-refractivity contribution in [2.45, 2.75) is 38.6 Å². The number of carbonyl (C=O) groups excluding carboxylic acids is 1. The fourth-order valence-electron chi connectivity index (χ4n) is 3.73. The van der Waals surface area contributed by atoms with E-state index in [4.69, 9.17) is 0 Å². The van der Waals surface area contributed by atoms with E-state index >= 15 is 0 Å². The molecular weight excluding hydrogens is 358 g/mol. The van der Waals surface area contributed by atoms with E-state index in [9.17, 15) is 4.79 Å². The van der Waals surface area contributed by atoms with Crippen molar-refractivity contribution < 1.29 is 4.79 Å². The first-order chi connectivity index (χ1) is 13.2. The highest BCUT2D eigenvalue weighted by Crippen LogP contribution is 2.31. The third kappa shape index (κ3) is 2.98. The number of carbonyl (C=O) groups is 1. The van der Waals surface area contributed by atoms with Gasteiger partial charge in [-0.05, 0) is 43.5 Å². The highest BCUT2D eigenvalue weighted by atomic mass is 32.1. The van der Waals surface area contributed by atoms with Crippen molar-refractivity contribution in [3.63, 3.8) is 0 Å². The predicted molar refractivity (Wildman–Crippen MR) is 107 cm³/mol. The molecule has 1 saturated carbocycles. The largest absolute Gasteiger partial charge is 0.298 e. The molecule has 0 bridgehead atoms. The summed E-state index contributed by atoms with van der Waals surface area (Å²) in [5, 5.41) is 8.90. The molecule has 3 aromatic heterocycles. The Hall–Kier alpha value is -2.80. The lowest BCUT2D eigenvalue weighted by Gasteiger charge is -2.10. The fourth-order valence-corrected chi connectivity index (χ4v) is 4.69. The van der Waals surface area contributed by atoms with Gasteiger partial charge in [0.15, 0.2) is 10.8 Å². The highest BCUT2D eigenvalue weighted by molar-refractivity contribution is 7.22. The van der Waals surface area contributed by atoms with Crippen LogP contribution in [0.2, 0.25) is 0 Å². The van der Waals surface area contributed by atoms with Crippen LogP contribution in [0.15, 0.2) is 36.7 Å². The molecule has 1 aliphatic carbocycles. The molecule has 1 aliphatic rings. The molecule has 7 heteroatoms. The number of fused-ring (bicyclic) bond motifs is 2. The molecule has 0 unspecified atom stereocenters. The van der Waals surface area contributed by atoms with Gasteiger partial charge in [0.05, 0.1) is 28.0 Å². The number of pyridine rings is 1. The number of hydrogen-bond acceptors (Lipinski definition) is 5. The Morgan fingerprint density at radius 2 is 2.07 bits per heavy atom. The molecule has 136 valence electrons. The number of anilines is 1. The Morgan fingerprint density at radius 3 is 2.93 bits per heavy atom. The van der Waals surface area contributed by atoms with Crippen LogP contribution in [0, 0.1) is 6.92 Å². The van der Waals surface area contributed by atoms with E-state index in [2.05, 4.69) is 26.4 Å². The molecule has 4 aromatic rings. The summed E-state index contributed by atoms with van der Waals surface area (Å²) in [5.74, 6) is -0.200. The first-order valence-electron chi connectivity index (χ1n) is 9.19. The summed E-state index contributed by atoms with van der Waals surface area (Å²) in [7, 11) is 0. The van der Waals surface area contributed by atoms with E-state index in [1.54, 1.807) is 12.4 Å². The second-order valence-corrected chi connectivity index (χ2v) is 8.14. The van der Waals surface area contributed by atoms with Crippen molar-refractivity contribution in [2.24, 2.45) is 0 Å². The number of aryl methyl sites for hydroxylation is 1. The molecule has 6 nitrogen and oxygen atoms in total. The van der Waals surface area contributed by atoms with Gasteiger partial charge in [-0.25, -0.2) is 14.6 Å². The van der Waals surface area contributed by atoms with Crippen molar-refractivity contribution in [3.8, 4) is 0 Å². The van der Waals surface area contributed by atoms with E-state index < -0.39 is 0 Å². The van der Waals surface area contributed by atoms with Crippen LogP contribution in [-0.4, -0.2) is 25.7 Å². The summed E-state index contributed by atoms with van der Waals surface area (Å²) in [6, 6.07) is 8.36. The Labute approximate surface area is 160 Å². The number of amides is 1. The number of aromatic nitrogens is 4. The molecule has 27 heavy (non-hydrogen) atoms. The average Bonchev–Trinajstić information content (AvgIpc) is 3.39. The van der Waals surface area contributed by atoms with Crippen molar-refractivity contribution in [1.82, 2.24) is 19.7 Å². The molecule has 0 spiro atoms. The molecule has 0 radical (unpaired) electrons. The summed E-state index contributed by atoms with van der Waals surface area (Å²) >= 11 is 1.48. The van der Waals surface area contributed by atoms with Gasteiger partial charge in [0.2, 0.25) is 0 Å². The van der Waals surface area contributed by atoms with Gasteiger partial charge in [-0.3, -0.25) is 10.1 Å². The van der Waals surface area contributed by atoms with Crippen molar-refractivity contribution in [1.29, 1.82) is 0 Å². The van der Waals surface area contributed by atoms with Gasteiger partial charge >= 0.3 is 0 Å². The Kier molecular flexibility index (Phi) is 3.89. The number of thiazole rings is 1. The zero-order valence-corrected chi connectivity index (χ0v) is 15.8. The maximum atomic E-state index is 12.7. The zero-order valence-electron chi connectivity index (χ0n) is 15.0. The smallest absolute Gasteiger partial charge is 0.259 e. The van der Waals surface area contributed by atoms with Gasteiger partial charge in [-0.15, -0.1) is 0 Å². The summed E-state index contributed by atoms with van der Waals surface area (Å²) in [6.45, 7) is 2.05. The number of hydrogen-bond donors (Lipinski definition) is 1. The maximum Gasteiger partial charge on any atom is 0.259 e. The number of nitrogens with zero attached hydrogens (tertiary/aromatic N) is 4. The third-order valence-electron chi connectivity index (χ3n) is 5.13. The monoisotopic (exact) mass is 377 g/mol. The number of rotatable bonds is 3. The molecule has 1 fully saturated rings. The predicted octanol–water partition coefficient (Wildman–Crippen LogP) is 4.72. The quantitative estimate of drug-likeness (QED) is 0.561. The SMILES string of the molecule is Cc1ccc2nc(NC(=O)c3cnc4c(cnn4C4CCCC4)c3)sc2c1. The van der Waals surface area contributed by atoms with Crippen molar-refractivity contribution >= 4 is 43.6 Å². The summed E-state index contributed by atoms with van der Waals surface area (Å²) in [5.41, 5.74) is 3.45. The zero-order chi connectivity index (χ0) is 18.4. The standard InChI is InChI=1S/C20H19N5OS/c1-12-6-7-16-17(8-12)27-20(23-16)24-19(26)14-9-13-11-22-25(18(13)21-10-14)15-4-2-3-5-15/h6-11,15H,2-5H2,1H3,(H,23,24,26). The van der Waals surface area contributed by atoms with Crippen LogP contribution in [0.1, 0.15) is 47.6 Å². The van der Waals surface area contributed by atoms with E-state index in [1.807, 2.05) is 29.8 Å². The summed E-state index contributed by atoms with van der Waals surface area (Å²) in [6.07, 6.45) is 8.22. The second kappa shape index (κ2) is 6.42. The first-order valence-corrected chi connectivity index (χ1v) is 10.0. The van der Waals surface area contributed by atoms with Crippen LogP contribution in [0.3, 0.4) is 0 Å². The Bertz CT molecular complexity index is 1160. The molecule has 0 saturated heterocycles. The minimum absolute atomic E-state index is 0.200. The van der Waals surface area contributed by atoms with E-state index in [0.29, 0.717) is 16.7 Å². The third-order valence-corrected chi connectivity index (χ3v) is 6.06. The van der Waals surface area contributed by atoms with Gasteiger partial charge < -0.3 is 0 Å². The van der Waals surface area contributed by atoms with Gasteiger partial charge in [0.25, 0.3) is 5.91 Å². The van der Waals surface area contributed by atoms with Crippen molar-refractivity contribution in [3.05, 3.63) is 47.8 Å². The van der Waals surface area contributed by atoms with Crippen LogP contribution in [0.25, 0.3) is 21.3 Å². The molecule has 1 aromatic carbocycles. The summed E-state index contributed by atoms with van der Waals surface area (Å²) < 4.78 is 3.08. The van der Waals surface area contributed by atoms with E-state index in [0.717, 1.165) is 34.1 Å². The van der Waals surface area contributed by atoms with Crippen LogP contribution in [0.5, 0.6) is 0 Å². The topological polar surface area (TPSA) is 72.7 Å². The Balaban J connectivity index is 1.41. The number of benzene rings is 1. The second-order valence-electron chi connectivity index (χ2n) is 7.11. The molecule has 5 rings (SSSR count). The molecular formula is C20H19N5OS. The van der Waals surface area contributed by atoms with E-state index in [-0.39, 0.29) is 5.91 Å². The maximum absolute atomic E-state index is 12.7. The summed E-state index contributed by atoms with van der Waals surface area (Å²) in [4.78, 5) is 21.7. The highest BCUT2D eigenvalue weighted by Gasteiger charge is 2.20. The minimum Gasteiger partial charge on any atom is -0.298 e. The van der Waals surface area contributed by atoms with Gasteiger partial charge in [0.1, 0.15) is 0 Å². The van der Waals surface area contributed by atoms with Crippen molar-refractivity contribution in [2.75, 3.05) is 5.32 Å². The van der Waals surface area contributed by atoms with Crippen LogP contribution in [-0.2, 0) is 0 Å². The van der Waals surface area contributed by atoms with E-state index in [1.165, 1.54) is 29.7 Å². The van der Waals surface area contributed by atoms with Crippen LogP contribution >= 0.6 is 11.3 Å². The Morgan fingerprint density at radius 1 is 1.22 bits per heavy atom. The van der Waals surface area contributed by atoms with Crippen LogP contribution in [0.4, 0.5) is 5.13 Å². The molecule has 1 amide bonds. The lowest BCUT2D eigenvalue weighted by Crippen LogP contribution is -2.12. The lowest BCUT2D eigenvalue weighted by atomic mass is 10.2. The molecule has 3 heterocycles. The van der Waals surface area contributed by atoms with Crippen LogP contribution < -0.4 is 5.32 Å². The minimum atomic E-state index is -0.200. The normalized spacial score (nSPS) is 15.0. The van der Waals surface area contributed by atoms with Gasteiger partial charge in [0, 0.05) is 11.6 Å². The lowest BCUT2D eigenvalue weighted by molar-refractivity contribution is 0.102. The van der Waals surface area contributed by atoms with Gasteiger partial charge in [-0.1, -0.05) is 30.2 Å². The molecule has 1 N–H and O–H groups in total. The fraction of sp³-hybridized carbons (Fsp3) is 0.300. The molecule has 0 atom stereocenters. The van der Waals surface area contributed by atoms with Gasteiger partial charge in [-0.2, -0.15) is 5.10 Å². The first kappa shape index (κ1) is 16.4. The molecule has 0 aliphatic heterocycles.